The molecule has 19 heavy (non-hydrogen) atoms. The zero-order valence-corrected chi connectivity index (χ0v) is 12.6. The molecule has 0 unspecified atom stereocenters. The van der Waals surface area contributed by atoms with Crippen molar-refractivity contribution in [3.63, 3.8) is 0 Å². The van der Waals surface area contributed by atoms with Crippen LogP contribution in [0.15, 0.2) is 36.4 Å². The summed E-state index contributed by atoms with van der Waals surface area (Å²) in [6.45, 7) is 3.18. The normalized spacial score (nSPS) is 10.9. The van der Waals surface area contributed by atoms with E-state index >= 15 is 0 Å². The van der Waals surface area contributed by atoms with Crippen molar-refractivity contribution in [1.29, 1.82) is 0 Å². The van der Waals surface area contributed by atoms with Crippen molar-refractivity contribution in [2.24, 2.45) is 0 Å². The molecule has 100 valence electrons. The second-order valence-electron chi connectivity index (χ2n) is 4.67. The fraction of sp³-hybridized carbons (Fsp3) is 0.267. The smallest absolute Gasteiger partial charge is 0.176 e. The molecule has 2 nitrogen and oxygen atoms in total. The molecule has 0 atom stereocenters. The molecule has 0 saturated heterocycles. The fourth-order valence-corrected chi connectivity index (χ4v) is 3.00. The molecule has 0 bridgehead atoms. The first-order valence-corrected chi connectivity index (χ1v) is 7.26. The van der Waals surface area contributed by atoms with Gasteiger partial charge in [-0.1, -0.05) is 41.4 Å². The van der Waals surface area contributed by atoms with Gasteiger partial charge in [-0.15, -0.1) is 11.3 Å². The lowest BCUT2D eigenvalue weighted by molar-refractivity contribution is 0.0943. The van der Waals surface area contributed by atoms with Crippen molar-refractivity contribution < 1.29 is 4.79 Å². The van der Waals surface area contributed by atoms with E-state index in [1.54, 1.807) is 11.3 Å². The van der Waals surface area contributed by atoms with Gasteiger partial charge < -0.3 is 0 Å². The summed E-state index contributed by atoms with van der Waals surface area (Å²) < 4.78 is 0.785. The quantitative estimate of drug-likeness (QED) is 0.776. The van der Waals surface area contributed by atoms with Crippen LogP contribution in [-0.4, -0.2) is 24.3 Å². The Morgan fingerprint density at radius 1 is 1.21 bits per heavy atom. The molecule has 0 N–H and O–H groups in total. The Morgan fingerprint density at radius 3 is 2.47 bits per heavy atom. The number of nitrogens with zero attached hydrogens (tertiary/aromatic N) is 1. The lowest BCUT2D eigenvalue weighted by Crippen LogP contribution is -2.25. The highest BCUT2D eigenvalue weighted by Gasteiger charge is 2.10. The van der Waals surface area contributed by atoms with E-state index in [4.69, 9.17) is 11.6 Å². The Kier molecular flexibility index (Phi) is 4.75. The number of aryl methyl sites for hydroxylation is 1. The van der Waals surface area contributed by atoms with Gasteiger partial charge in [-0.05, 0) is 26.1 Å². The summed E-state index contributed by atoms with van der Waals surface area (Å²) in [5.74, 6) is 0.144. The summed E-state index contributed by atoms with van der Waals surface area (Å²) >= 11 is 7.45. The molecular weight excluding hydrogens is 278 g/mol. The van der Waals surface area contributed by atoms with Crippen molar-refractivity contribution in [2.75, 3.05) is 13.6 Å². The van der Waals surface area contributed by atoms with Gasteiger partial charge in [0.05, 0.1) is 10.9 Å². The van der Waals surface area contributed by atoms with Gasteiger partial charge in [0.2, 0.25) is 0 Å². The summed E-state index contributed by atoms with van der Waals surface area (Å²) in [5, 5.41) is 0. The molecule has 2 aromatic rings. The van der Waals surface area contributed by atoms with Crippen LogP contribution < -0.4 is 0 Å². The number of Topliss-reactive ketones (excluding diaryl/α,β-unsaturated/α-hetero) is 1. The zero-order valence-electron chi connectivity index (χ0n) is 11.0. The van der Waals surface area contributed by atoms with Crippen LogP contribution in [0.5, 0.6) is 0 Å². The van der Waals surface area contributed by atoms with Gasteiger partial charge in [0.15, 0.2) is 5.78 Å². The van der Waals surface area contributed by atoms with Gasteiger partial charge in [-0.3, -0.25) is 9.69 Å². The largest absolute Gasteiger partial charge is 0.294 e. The van der Waals surface area contributed by atoms with Crippen LogP contribution in [-0.2, 0) is 6.54 Å². The van der Waals surface area contributed by atoms with Crippen molar-refractivity contribution in [2.45, 2.75) is 13.5 Å². The van der Waals surface area contributed by atoms with Crippen molar-refractivity contribution in [3.05, 3.63) is 56.7 Å². The summed E-state index contributed by atoms with van der Waals surface area (Å²) in [4.78, 5) is 15.3. The standard InChI is InChI=1S/C15H16ClNOS/c1-11-3-5-12(6-4-11)14(18)10-17(2)9-13-7-8-15(16)19-13/h3-8H,9-10H2,1-2H3. The number of rotatable bonds is 5. The molecule has 0 spiro atoms. The molecule has 4 heteroatoms. The Bertz CT molecular complexity index is 562. The average Bonchev–Trinajstić information content (AvgIpc) is 2.75. The van der Waals surface area contributed by atoms with Crippen molar-refractivity contribution >= 4 is 28.7 Å². The first kappa shape index (κ1) is 14.3. The van der Waals surface area contributed by atoms with Gasteiger partial charge in [-0.2, -0.15) is 0 Å². The van der Waals surface area contributed by atoms with E-state index in [9.17, 15) is 4.79 Å². The third-order valence-electron chi connectivity index (χ3n) is 2.84. The summed E-state index contributed by atoms with van der Waals surface area (Å²) in [5.41, 5.74) is 1.93. The molecule has 0 amide bonds. The van der Waals surface area contributed by atoms with Crippen LogP contribution in [0.3, 0.4) is 0 Å². The number of halogens is 1. The number of hydrogen-bond acceptors (Lipinski definition) is 3. The van der Waals surface area contributed by atoms with Gasteiger partial charge in [0.1, 0.15) is 0 Å². The fourth-order valence-electron chi connectivity index (χ4n) is 1.83. The minimum Gasteiger partial charge on any atom is -0.294 e. The van der Waals surface area contributed by atoms with Gasteiger partial charge in [-0.25, -0.2) is 0 Å². The van der Waals surface area contributed by atoms with E-state index in [0.29, 0.717) is 6.54 Å². The van der Waals surface area contributed by atoms with Crippen LogP contribution in [0.25, 0.3) is 0 Å². The van der Waals surface area contributed by atoms with Crippen LogP contribution in [0.1, 0.15) is 20.8 Å². The minimum absolute atomic E-state index is 0.144. The molecule has 1 heterocycles. The Hall–Kier alpha value is -1.16. The molecule has 2 rings (SSSR count). The number of likely N-dealkylation sites (N-methyl/N-ethyl adjacent to an activating group) is 1. The summed E-state index contributed by atoms with van der Waals surface area (Å²) in [6, 6.07) is 11.6. The third kappa shape index (κ3) is 4.16. The first-order chi connectivity index (χ1) is 9.04. The second kappa shape index (κ2) is 6.33. The number of carbonyl (C=O) groups excluding carboxylic acids is 1. The van der Waals surface area contributed by atoms with E-state index in [0.717, 1.165) is 22.0 Å². The molecule has 1 aromatic carbocycles. The highest BCUT2D eigenvalue weighted by Crippen LogP contribution is 2.22. The topological polar surface area (TPSA) is 20.3 Å². The van der Waals surface area contributed by atoms with Gasteiger partial charge in [0, 0.05) is 17.0 Å². The highest BCUT2D eigenvalue weighted by atomic mass is 35.5. The van der Waals surface area contributed by atoms with Gasteiger partial charge >= 0.3 is 0 Å². The molecule has 0 saturated carbocycles. The molecular formula is C15H16ClNOS. The number of benzene rings is 1. The predicted octanol–water partition coefficient (Wildman–Crippen LogP) is 4.02. The van der Waals surface area contributed by atoms with E-state index in [1.807, 2.05) is 55.3 Å². The van der Waals surface area contributed by atoms with Crippen LogP contribution in [0, 0.1) is 6.92 Å². The molecule has 0 fully saturated rings. The molecule has 0 aliphatic rings. The van der Waals surface area contributed by atoms with Crippen LogP contribution in [0.4, 0.5) is 0 Å². The van der Waals surface area contributed by atoms with Gasteiger partial charge in [0.25, 0.3) is 0 Å². The van der Waals surface area contributed by atoms with Crippen molar-refractivity contribution in [1.82, 2.24) is 4.90 Å². The van der Waals surface area contributed by atoms with E-state index < -0.39 is 0 Å². The van der Waals surface area contributed by atoms with E-state index in [2.05, 4.69) is 0 Å². The van der Waals surface area contributed by atoms with Crippen molar-refractivity contribution in [3.8, 4) is 0 Å². The number of carbonyl (C=O) groups is 1. The SMILES string of the molecule is Cc1ccc(C(=O)CN(C)Cc2ccc(Cl)s2)cc1. The van der Waals surface area contributed by atoms with E-state index in [-0.39, 0.29) is 5.78 Å². The monoisotopic (exact) mass is 293 g/mol. The summed E-state index contributed by atoms with van der Waals surface area (Å²) in [7, 11) is 1.94. The first-order valence-electron chi connectivity index (χ1n) is 6.07. The molecule has 0 aliphatic heterocycles. The molecule has 0 aliphatic carbocycles. The maximum atomic E-state index is 12.1. The zero-order chi connectivity index (χ0) is 13.8. The molecule has 1 aromatic heterocycles. The number of ketones is 1. The number of hydrogen-bond donors (Lipinski definition) is 0. The van der Waals surface area contributed by atoms with E-state index in [1.165, 1.54) is 4.88 Å². The lowest BCUT2D eigenvalue weighted by atomic mass is 10.1. The number of thiophene rings is 1. The van der Waals surface area contributed by atoms with Crippen LogP contribution >= 0.6 is 22.9 Å². The Labute approximate surface area is 122 Å². The Morgan fingerprint density at radius 2 is 1.89 bits per heavy atom. The molecule has 0 radical (unpaired) electrons. The lowest BCUT2D eigenvalue weighted by Gasteiger charge is -2.14. The third-order valence-corrected chi connectivity index (χ3v) is 4.06. The van der Waals surface area contributed by atoms with Crippen LogP contribution in [0.2, 0.25) is 4.34 Å². The second-order valence-corrected chi connectivity index (χ2v) is 6.47. The Balaban J connectivity index is 1.93. The average molecular weight is 294 g/mol. The predicted molar refractivity (Wildman–Crippen MR) is 81.2 cm³/mol. The highest BCUT2D eigenvalue weighted by molar-refractivity contribution is 7.16. The maximum absolute atomic E-state index is 12.1. The summed E-state index contributed by atoms with van der Waals surface area (Å²) in [6.07, 6.45) is 0. The maximum Gasteiger partial charge on any atom is 0.176 e. The minimum atomic E-state index is 0.144.